The molecule has 0 heterocycles. The van der Waals surface area contributed by atoms with Gasteiger partial charge in [0.15, 0.2) is 0 Å². The highest BCUT2D eigenvalue weighted by Crippen LogP contribution is 2.59. The van der Waals surface area contributed by atoms with Crippen molar-refractivity contribution < 1.29 is 0 Å². The minimum absolute atomic E-state index is 0.489. The Kier molecular flexibility index (Phi) is 9.70. The van der Waals surface area contributed by atoms with E-state index in [0.29, 0.717) is 0 Å². The van der Waals surface area contributed by atoms with E-state index >= 15 is 0 Å². The van der Waals surface area contributed by atoms with E-state index in [4.69, 9.17) is 0 Å². The van der Waals surface area contributed by atoms with Crippen molar-refractivity contribution in [3.05, 3.63) is 330 Å². The molecule has 69 heavy (non-hydrogen) atoms. The molecule has 2 aliphatic carbocycles. The maximum Gasteiger partial charge on any atom is 0.0713 e. The van der Waals surface area contributed by atoms with E-state index in [9.17, 15) is 0 Å². The maximum absolute atomic E-state index is 2.48. The zero-order chi connectivity index (χ0) is 45.8. The van der Waals surface area contributed by atoms with Gasteiger partial charge in [0.2, 0.25) is 0 Å². The Morgan fingerprint density at radius 2 is 0.565 bits per heavy atom. The lowest BCUT2D eigenvalue weighted by Crippen LogP contribution is -2.28. The first kappa shape index (κ1) is 40.5. The number of fused-ring (bicyclic) bond motifs is 6. The van der Waals surface area contributed by atoms with Crippen molar-refractivity contribution in [3.8, 4) is 44.5 Å². The lowest BCUT2D eigenvalue weighted by atomic mass is 9.67. The van der Waals surface area contributed by atoms with Crippen LogP contribution in [0.3, 0.4) is 0 Å². The summed E-state index contributed by atoms with van der Waals surface area (Å²) in [6, 6.07) is 105. The number of anilines is 3. The fourth-order valence-corrected chi connectivity index (χ4v) is 12.0. The minimum atomic E-state index is -0.494. The van der Waals surface area contributed by atoms with Crippen LogP contribution in [0.1, 0.15) is 44.5 Å². The van der Waals surface area contributed by atoms with Crippen molar-refractivity contribution in [1.82, 2.24) is 0 Å². The van der Waals surface area contributed by atoms with Crippen LogP contribution >= 0.6 is 0 Å². The summed E-state index contributed by atoms with van der Waals surface area (Å²) in [7, 11) is 0. The van der Waals surface area contributed by atoms with Crippen LogP contribution in [0.25, 0.3) is 44.5 Å². The van der Waals surface area contributed by atoms with E-state index in [0.717, 1.165) is 28.2 Å². The van der Waals surface area contributed by atoms with E-state index in [2.05, 4.69) is 290 Å². The zero-order valence-electron chi connectivity index (χ0n) is 38.1. The first-order chi connectivity index (χ1) is 34.2. The third kappa shape index (κ3) is 6.24. The van der Waals surface area contributed by atoms with Gasteiger partial charge in [-0.15, -0.1) is 0 Å². The van der Waals surface area contributed by atoms with Gasteiger partial charge in [0.1, 0.15) is 0 Å². The minimum Gasteiger partial charge on any atom is -0.310 e. The average Bonchev–Trinajstić information content (AvgIpc) is 3.91. The Balaban J connectivity index is 1.03. The van der Waals surface area contributed by atoms with Gasteiger partial charge in [-0.1, -0.05) is 255 Å². The molecular weight excluding hydrogens is 831 g/mol. The molecule has 0 radical (unpaired) electrons. The van der Waals surface area contributed by atoms with Gasteiger partial charge in [0.25, 0.3) is 0 Å². The van der Waals surface area contributed by atoms with Crippen LogP contribution in [0.4, 0.5) is 17.1 Å². The molecule has 0 bridgehead atoms. The van der Waals surface area contributed by atoms with Gasteiger partial charge in [-0.25, -0.2) is 0 Å². The number of para-hydroxylation sites is 1. The highest BCUT2D eigenvalue weighted by atomic mass is 15.1. The van der Waals surface area contributed by atoms with E-state index < -0.39 is 10.8 Å². The molecule has 11 aromatic rings. The Hall–Kier alpha value is -8.78. The van der Waals surface area contributed by atoms with Gasteiger partial charge in [0.05, 0.1) is 16.5 Å². The standard InChI is InChI=1S/C68H47N/c1-5-21-48(22-6-1)49-37-39-50(40-38-49)57-29-16-20-36-66(57)69(55-43-41-54(42-44-55)68(53-27-11-4-12-28-53)62-33-17-13-30-58(62)59-31-14-18-34-63(59)68)56-45-46-65-61(47-56)60-32-15-19-35-64(60)67(65,51-23-7-2-8-24-51)52-25-9-3-10-26-52/h1-47H. The number of hydrogen-bond acceptors (Lipinski definition) is 1. The second kappa shape index (κ2) is 16.5. The molecule has 0 atom stereocenters. The first-order valence-corrected chi connectivity index (χ1v) is 24.0. The second-order valence-electron chi connectivity index (χ2n) is 18.3. The van der Waals surface area contributed by atoms with Gasteiger partial charge in [-0.3, -0.25) is 0 Å². The van der Waals surface area contributed by atoms with Crippen molar-refractivity contribution in [2.45, 2.75) is 10.8 Å². The molecular formula is C68H47N. The van der Waals surface area contributed by atoms with E-state index in [1.54, 1.807) is 0 Å². The number of rotatable bonds is 9. The van der Waals surface area contributed by atoms with Gasteiger partial charge in [-0.05, 0) is 114 Å². The normalized spacial score (nSPS) is 13.4. The van der Waals surface area contributed by atoms with E-state index in [1.807, 2.05) is 0 Å². The van der Waals surface area contributed by atoms with Gasteiger partial charge in [0, 0.05) is 16.9 Å². The van der Waals surface area contributed by atoms with Crippen LogP contribution in [0.2, 0.25) is 0 Å². The van der Waals surface area contributed by atoms with Gasteiger partial charge >= 0.3 is 0 Å². The highest BCUT2D eigenvalue weighted by Gasteiger charge is 2.47. The van der Waals surface area contributed by atoms with Gasteiger partial charge < -0.3 is 4.90 Å². The summed E-state index contributed by atoms with van der Waals surface area (Å²) in [5.74, 6) is 0. The van der Waals surface area contributed by atoms with E-state index in [-0.39, 0.29) is 0 Å². The molecule has 0 N–H and O–H groups in total. The second-order valence-corrected chi connectivity index (χ2v) is 18.3. The van der Waals surface area contributed by atoms with Crippen LogP contribution < -0.4 is 4.90 Å². The van der Waals surface area contributed by atoms with Crippen LogP contribution in [0.15, 0.2) is 285 Å². The summed E-state index contributed by atoms with van der Waals surface area (Å²) >= 11 is 0. The molecule has 0 unspecified atom stereocenters. The van der Waals surface area contributed by atoms with Crippen LogP contribution in [0, 0.1) is 0 Å². The Morgan fingerprint density at radius 3 is 1.07 bits per heavy atom. The molecule has 1 nitrogen and oxygen atoms in total. The molecule has 2 aliphatic rings. The summed E-state index contributed by atoms with van der Waals surface area (Å²) in [6.07, 6.45) is 0. The van der Waals surface area contributed by atoms with Crippen molar-refractivity contribution in [2.24, 2.45) is 0 Å². The zero-order valence-corrected chi connectivity index (χ0v) is 38.1. The summed E-state index contributed by atoms with van der Waals surface area (Å²) in [5, 5.41) is 0. The SMILES string of the molecule is c1ccc(-c2ccc(-c3ccccc3N(c3ccc(C4(c5ccccc5)c5ccccc5-c5ccccc54)cc3)c3ccc4c(c3)-c3ccccc3C4(c3ccccc3)c3ccccc3)cc2)cc1. The number of benzene rings is 11. The molecule has 0 saturated heterocycles. The van der Waals surface area contributed by atoms with Crippen molar-refractivity contribution in [2.75, 3.05) is 4.90 Å². The summed E-state index contributed by atoms with van der Waals surface area (Å²) < 4.78 is 0. The molecule has 0 fully saturated rings. The molecule has 11 aromatic carbocycles. The predicted molar refractivity (Wildman–Crippen MR) is 287 cm³/mol. The summed E-state index contributed by atoms with van der Waals surface area (Å²) in [6.45, 7) is 0. The topological polar surface area (TPSA) is 3.24 Å². The molecule has 0 spiro atoms. The van der Waals surface area contributed by atoms with Crippen LogP contribution in [-0.2, 0) is 10.8 Å². The highest BCUT2D eigenvalue weighted by molar-refractivity contribution is 5.94. The lowest BCUT2D eigenvalue weighted by molar-refractivity contribution is 0.768. The summed E-state index contributed by atoms with van der Waals surface area (Å²) in [5.41, 5.74) is 22.3. The molecule has 0 aromatic heterocycles. The summed E-state index contributed by atoms with van der Waals surface area (Å²) in [4.78, 5) is 2.48. The molecule has 0 saturated carbocycles. The number of nitrogens with zero attached hydrogens (tertiary/aromatic N) is 1. The maximum atomic E-state index is 2.48. The fourth-order valence-electron chi connectivity index (χ4n) is 12.0. The third-order valence-electron chi connectivity index (χ3n) is 14.9. The van der Waals surface area contributed by atoms with Crippen LogP contribution in [0.5, 0.6) is 0 Å². The van der Waals surface area contributed by atoms with E-state index in [1.165, 1.54) is 77.9 Å². The first-order valence-electron chi connectivity index (χ1n) is 24.0. The molecule has 13 rings (SSSR count). The fraction of sp³-hybridized carbons (Fsp3) is 0.0294. The Morgan fingerprint density at radius 1 is 0.217 bits per heavy atom. The molecule has 1 heteroatoms. The lowest BCUT2D eigenvalue weighted by Gasteiger charge is -2.35. The smallest absolute Gasteiger partial charge is 0.0713 e. The van der Waals surface area contributed by atoms with Crippen molar-refractivity contribution >= 4 is 17.1 Å². The number of hydrogen-bond donors (Lipinski definition) is 0. The predicted octanol–water partition coefficient (Wildman–Crippen LogP) is 17.2. The average molecular weight is 878 g/mol. The van der Waals surface area contributed by atoms with Gasteiger partial charge in [-0.2, -0.15) is 0 Å². The Labute approximate surface area is 404 Å². The van der Waals surface area contributed by atoms with Crippen molar-refractivity contribution in [1.29, 1.82) is 0 Å². The largest absolute Gasteiger partial charge is 0.310 e. The third-order valence-corrected chi connectivity index (χ3v) is 14.9. The molecule has 0 aliphatic heterocycles. The van der Waals surface area contributed by atoms with Crippen LogP contribution in [-0.4, -0.2) is 0 Å². The molecule has 0 amide bonds. The Bertz CT molecular complexity index is 3550. The monoisotopic (exact) mass is 877 g/mol. The van der Waals surface area contributed by atoms with Crippen molar-refractivity contribution in [3.63, 3.8) is 0 Å². The molecule has 324 valence electrons. The quantitative estimate of drug-likeness (QED) is 0.140.